The van der Waals surface area contributed by atoms with Gasteiger partial charge in [0.15, 0.2) is 0 Å². The predicted octanol–water partition coefficient (Wildman–Crippen LogP) is 2.46. The Balaban J connectivity index is 2.25. The average Bonchev–Trinajstić information content (AvgIpc) is 2.93. The molecule has 1 amide bonds. The van der Waals surface area contributed by atoms with Crippen molar-refractivity contribution < 1.29 is 9.53 Å². The third-order valence-electron chi connectivity index (χ3n) is 3.77. The smallest absolute Gasteiger partial charge is 0.257 e. The van der Waals surface area contributed by atoms with Crippen molar-refractivity contribution in [1.29, 1.82) is 0 Å². The molecule has 0 saturated carbocycles. The minimum absolute atomic E-state index is 0.0717. The van der Waals surface area contributed by atoms with Gasteiger partial charge in [-0.25, -0.2) is 0 Å². The summed E-state index contributed by atoms with van der Waals surface area (Å²) in [4.78, 5) is 18.9. The van der Waals surface area contributed by atoms with E-state index in [1.807, 2.05) is 36.0 Å². The Bertz CT molecular complexity index is 639. The zero-order chi connectivity index (χ0) is 16.8. The van der Waals surface area contributed by atoms with E-state index in [-0.39, 0.29) is 11.9 Å². The number of methoxy groups -OCH3 is 1. The molecule has 0 bridgehead atoms. The van der Waals surface area contributed by atoms with Crippen molar-refractivity contribution in [1.82, 2.24) is 19.7 Å². The van der Waals surface area contributed by atoms with Gasteiger partial charge in [-0.3, -0.25) is 14.5 Å². The van der Waals surface area contributed by atoms with Crippen molar-refractivity contribution in [3.05, 3.63) is 47.5 Å². The van der Waals surface area contributed by atoms with Crippen LogP contribution in [-0.2, 0) is 11.3 Å². The van der Waals surface area contributed by atoms with E-state index >= 15 is 0 Å². The van der Waals surface area contributed by atoms with Crippen LogP contribution in [0.1, 0.15) is 41.1 Å². The Labute approximate surface area is 137 Å². The largest absolute Gasteiger partial charge is 0.382 e. The number of likely N-dealkylation sites (N-methyl/N-ethyl adjacent to an activating group) is 1. The van der Waals surface area contributed by atoms with E-state index in [9.17, 15) is 4.79 Å². The molecule has 0 aliphatic heterocycles. The van der Waals surface area contributed by atoms with Crippen LogP contribution in [0.15, 0.2) is 30.6 Å². The molecule has 1 atom stereocenters. The number of pyridine rings is 1. The molecule has 23 heavy (non-hydrogen) atoms. The highest BCUT2D eigenvalue weighted by atomic mass is 16.5. The zero-order valence-electron chi connectivity index (χ0n) is 14.2. The second-order valence-electron chi connectivity index (χ2n) is 5.53. The van der Waals surface area contributed by atoms with Crippen molar-refractivity contribution in [2.45, 2.75) is 32.9 Å². The minimum atomic E-state index is -0.234. The highest BCUT2D eigenvalue weighted by Crippen LogP contribution is 2.21. The molecule has 6 heteroatoms. The van der Waals surface area contributed by atoms with Crippen molar-refractivity contribution in [3.8, 4) is 0 Å². The first-order valence-corrected chi connectivity index (χ1v) is 7.79. The zero-order valence-corrected chi connectivity index (χ0v) is 14.2. The first-order chi connectivity index (χ1) is 11.1. The van der Waals surface area contributed by atoms with E-state index in [1.54, 1.807) is 25.3 Å². The Hall–Kier alpha value is -2.21. The Morgan fingerprint density at radius 1 is 1.43 bits per heavy atom. The molecule has 2 aromatic heterocycles. The molecule has 124 valence electrons. The summed E-state index contributed by atoms with van der Waals surface area (Å²) < 4.78 is 7.11. The number of carbonyl (C=O) groups is 1. The third kappa shape index (κ3) is 3.96. The van der Waals surface area contributed by atoms with Gasteiger partial charge in [0.2, 0.25) is 0 Å². The van der Waals surface area contributed by atoms with Crippen LogP contribution in [0.3, 0.4) is 0 Å². The number of aryl methyl sites for hydroxylation is 2. The molecule has 0 saturated heterocycles. The summed E-state index contributed by atoms with van der Waals surface area (Å²) in [5.74, 6) is -0.0717. The van der Waals surface area contributed by atoms with E-state index in [4.69, 9.17) is 4.74 Å². The van der Waals surface area contributed by atoms with E-state index in [1.165, 1.54) is 0 Å². The molecule has 0 N–H and O–H groups in total. The molecular weight excluding hydrogens is 292 g/mol. The van der Waals surface area contributed by atoms with Gasteiger partial charge in [0, 0.05) is 33.1 Å². The quantitative estimate of drug-likeness (QED) is 0.787. The number of hydrogen-bond acceptors (Lipinski definition) is 4. The summed E-state index contributed by atoms with van der Waals surface area (Å²) in [7, 11) is 3.40. The van der Waals surface area contributed by atoms with Crippen LogP contribution in [0.4, 0.5) is 0 Å². The lowest BCUT2D eigenvalue weighted by Gasteiger charge is -2.27. The highest BCUT2D eigenvalue weighted by Gasteiger charge is 2.26. The summed E-state index contributed by atoms with van der Waals surface area (Å²) in [6, 6.07) is 5.44. The number of hydrogen-bond donors (Lipinski definition) is 0. The topological polar surface area (TPSA) is 60.2 Å². The first kappa shape index (κ1) is 17.1. The fourth-order valence-electron chi connectivity index (χ4n) is 2.53. The van der Waals surface area contributed by atoms with Crippen molar-refractivity contribution in [2.75, 3.05) is 20.8 Å². The second kappa shape index (κ2) is 7.87. The van der Waals surface area contributed by atoms with E-state index in [2.05, 4.69) is 17.0 Å². The number of amides is 1. The molecule has 0 fully saturated rings. The molecule has 0 radical (unpaired) electrons. The van der Waals surface area contributed by atoms with Gasteiger partial charge in [0.05, 0.1) is 29.6 Å². The number of carbonyl (C=O) groups excluding carboxylic acids is 1. The fraction of sp³-hybridized carbons (Fsp3) is 0.471. The second-order valence-corrected chi connectivity index (χ2v) is 5.53. The molecule has 0 spiro atoms. The van der Waals surface area contributed by atoms with Gasteiger partial charge in [-0.15, -0.1) is 0 Å². The molecule has 2 rings (SSSR count). The van der Waals surface area contributed by atoms with Crippen LogP contribution in [0, 0.1) is 6.92 Å². The van der Waals surface area contributed by atoms with Gasteiger partial charge < -0.3 is 9.64 Å². The van der Waals surface area contributed by atoms with Gasteiger partial charge in [-0.1, -0.05) is 13.0 Å². The molecular formula is C17H24N4O2. The molecule has 0 aromatic carbocycles. The van der Waals surface area contributed by atoms with Gasteiger partial charge in [-0.05, 0) is 25.5 Å². The Morgan fingerprint density at radius 3 is 2.83 bits per heavy atom. The summed E-state index contributed by atoms with van der Waals surface area (Å²) in [5.41, 5.74) is 2.18. The van der Waals surface area contributed by atoms with Crippen LogP contribution in [0.5, 0.6) is 0 Å². The number of aromatic nitrogens is 3. The van der Waals surface area contributed by atoms with Crippen molar-refractivity contribution in [3.63, 3.8) is 0 Å². The van der Waals surface area contributed by atoms with Crippen LogP contribution in [0.2, 0.25) is 0 Å². The predicted molar refractivity (Wildman–Crippen MR) is 88.2 cm³/mol. The molecule has 2 aromatic rings. The molecule has 0 aliphatic rings. The van der Waals surface area contributed by atoms with E-state index in [0.29, 0.717) is 12.2 Å². The van der Waals surface area contributed by atoms with Gasteiger partial charge in [0.1, 0.15) is 0 Å². The lowest BCUT2D eigenvalue weighted by molar-refractivity contribution is 0.0594. The van der Waals surface area contributed by atoms with Crippen LogP contribution in [-0.4, -0.2) is 46.3 Å². The van der Waals surface area contributed by atoms with Crippen LogP contribution < -0.4 is 0 Å². The van der Waals surface area contributed by atoms with Crippen LogP contribution in [0.25, 0.3) is 0 Å². The van der Waals surface area contributed by atoms with Crippen molar-refractivity contribution in [2.24, 2.45) is 0 Å². The Kier molecular flexibility index (Phi) is 5.87. The first-order valence-electron chi connectivity index (χ1n) is 7.79. The lowest BCUT2D eigenvalue weighted by atomic mass is 10.1. The highest BCUT2D eigenvalue weighted by molar-refractivity contribution is 5.95. The monoisotopic (exact) mass is 316 g/mol. The average molecular weight is 316 g/mol. The number of nitrogens with zero attached hydrogens (tertiary/aromatic N) is 4. The number of rotatable bonds is 7. The lowest BCUT2D eigenvalue weighted by Crippen LogP contribution is -2.34. The maximum atomic E-state index is 12.9. The SMILES string of the molecule is CCCn1cc(C(=O)N(C)[C@H](COC)c2ccccn2)c(C)n1. The van der Waals surface area contributed by atoms with E-state index in [0.717, 1.165) is 24.4 Å². The Morgan fingerprint density at radius 2 is 2.22 bits per heavy atom. The van der Waals surface area contributed by atoms with Crippen molar-refractivity contribution >= 4 is 5.91 Å². The van der Waals surface area contributed by atoms with Gasteiger partial charge in [-0.2, -0.15) is 5.10 Å². The summed E-state index contributed by atoms with van der Waals surface area (Å²) >= 11 is 0. The van der Waals surface area contributed by atoms with Gasteiger partial charge in [0.25, 0.3) is 5.91 Å². The summed E-state index contributed by atoms with van der Waals surface area (Å²) in [6.07, 6.45) is 4.52. The maximum Gasteiger partial charge on any atom is 0.257 e. The third-order valence-corrected chi connectivity index (χ3v) is 3.77. The maximum absolute atomic E-state index is 12.9. The summed E-state index contributed by atoms with van der Waals surface area (Å²) in [5, 5.41) is 4.40. The minimum Gasteiger partial charge on any atom is -0.382 e. The van der Waals surface area contributed by atoms with Gasteiger partial charge >= 0.3 is 0 Å². The molecule has 6 nitrogen and oxygen atoms in total. The molecule has 0 aliphatic carbocycles. The van der Waals surface area contributed by atoms with E-state index < -0.39 is 0 Å². The fourth-order valence-corrected chi connectivity index (χ4v) is 2.53. The standard InChI is InChI=1S/C17H24N4O2/c1-5-10-21-11-14(13(2)19-21)17(22)20(3)16(12-23-4)15-8-6-7-9-18-15/h6-9,11,16H,5,10,12H2,1-4H3/t16-/m1/s1. The van der Waals surface area contributed by atoms with Crippen LogP contribution >= 0.6 is 0 Å². The molecule has 2 heterocycles. The number of ether oxygens (including phenoxy) is 1. The summed E-state index contributed by atoms with van der Waals surface area (Å²) in [6.45, 7) is 5.14. The molecule has 0 unspecified atom stereocenters. The normalized spacial score (nSPS) is 12.2.